The molecule has 2 heteroatoms. The first-order valence-corrected chi connectivity index (χ1v) is 12.6. The molecule has 29 heavy (non-hydrogen) atoms. The van der Waals surface area contributed by atoms with Crippen molar-refractivity contribution in [1.82, 2.24) is 4.90 Å². The summed E-state index contributed by atoms with van der Waals surface area (Å²) in [6.07, 6.45) is 22.6. The minimum Gasteiger partial charge on any atom is -0.412 e. The van der Waals surface area contributed by atoms with E-state index in [2.05, 4.69) is 49.1 Å². The maximum atomic E-state index is 2.65. The van der Waals surface area contributed by atoms with Crippen molar-refractivity contribution in [1.29, 1.82) is 0 Å². The van der Waals surface area contributed by atoms with E-state index in [4.69, 9.17) is 0 Å². The molecule has 0 unspecified atom stereocenters. The summed E-state index contributed by atoms with van der Waals surface area (Å²) < 4.78 is 0. The lowest BCUT2D eigenvalue weighted by Gasteiger charge is -2.20. The van der Waals surface area contributed by atoms with Gasteiger partial charge in [-0.1, -0.05) is 115 Å². The van der Waals surface area contributed by atoms with Crippen molar-refractivity contribution in [3.8, 4) is 0 Å². The zero-order chi connectivity index (χ0) is 20.1. The molecule has 0 amide bonds. The third-order valence-corrected chi connectivity index (χ3v) is 5.86. The van der Waals surface area contributed by atoms with Crippen LogP contribution in [0, 0.1) is 0 Å². The molecule has 1 rings (SSSR count). The van der Waals surface area contributed by atoms with Crippen LogP contribution in [-0.2, 0) is 6.42 Å². The van der Waals surface area contributed by atoms with Gasteiger partial charge in [-0.25, -0.2) is 0 Å². The van der Waals surface area contributed by atoms with Gasteiger partial charge in [0.05, 0.1) is 0 Å². The second-order valence-corrected chi connectivity index (χ2v) is 8.67. The summed E-state index contributed by atoms with van der Waals surface area (Å²) in [5.74, 6) is 0. The van der Waals surface area contributed by atoms with Crippen LogP contribution in [0.25, 0.3) is 0 Å². The molecular formula is C27H51NO. The highest BCUT2D eigenvalue weighted by Gasteiger charge is 2.01. The lowest BCUT2D eigenvalue weighted by molar-refractivity contribution is 0.267. The van der Waals surface area contributed by atoms with Crippen molar-refractivity contribution in [3.05, 3.63) is 35.9 Å². The molecule has 0 aliphatic rings. The predicted molar refractivity (Wildman–Crippen MR) is 131 cm³/mol. The Morgan fingerprint density at radius 2 is 0.931 bits per heavy atom. The first-order chi connectivity index (χ1) is 13.9. The largest absolute Gasteiger partial charge is 0.412 e. The van der Waals surface area contributed by atoms with Crippen molar-refractivity contribution in [2.24, 2.45) is 0 Å². The molecule has 170 valence electrons. The third kappa shape index (κ3) is 17.7. The fraction of sp³-hybridized carbons (Fsp3) is 0.778. The van der Waals surface area contributed by atoms with Crippen LogP contribution in [0.5, 0.6) is 0 Å². The second kappa shape index (κ2) is 21.8. The minimum absolute atomic E-state index is 0. The molecule has 0 spiro atoms. The Kier molecular flexibility index (Phi) is 21.2. The molecule has 0 aliphatic heterocycles. The molecule has 0 radical (unpaired) electrons. The summed E-state index contributed by atoms with van der Waals surface area (Å²) in [7, 11) is 0. The molecule has 0 saturated carbocycles. The summed E-state index contributed by atoms with van der Waals surface area (Å²) in [4.78, 5) is 2.65. The van der Waals surface area contributed by atoms with Crippen LogP contribution in [0.4, 0.5) is 0 Å². The van der Waals surface area contributed by atoms with Gasteiger partial charge >= 0.3 is 0 Å². The van der Waals surface area contributed by atoms with E-state index in [0.717, 1.165) is 0 Å². The number of benzene rings is 1. The average molecular weight is 406 g/mol. The molecule has 0 aliphatic carbocycles. The lowest BCUT2D eigenvalue weighted by atomic mass is 10.0. The van der Waals surface area contributed by atoms with Gasteiger partial charge in [0.2, 0.25) is 0 Å². The van der Waals surface area contributed by atoms with E-state index in [0.29, 0.717) is 0 Å². The molecule has 1 aromatic carbocycles. The number of hydrogen-bond donors (Lipinski definition) is 0. The van der Waals surface area contributed by atoms with Gasteiger partial charge in [-0.3, -0.25) is 0 Å². The highest BCUT2D eigenvalue weighted by atomic mass is 16.0. The first kappa shape index (κ1) is 28.1. The molecule has 0 heterocycles. The summed E-state index contributed by atoms with van der Waals surface area (Å²) in [6, 6.07) is 10.9. The highest BCUT2D eigenvalue weighted by Crippen LogP contribution is 2.14. The number of nitrogens with zero attached hydrogens (tertiary/aromatic N) is 1. The summed E-state index contributed by atoms with van der Waals surface area (Å²) in [5, 5.41) is 0. The van der Waals surface area contributed by atoms with Gasteiger partial charge in [-0.15, -0.1) is 0 Å². The van der Waals surface area contributed by atoms with Gasteiger partial charge in [-0.05, 0) is 57.3 Å². The van der Waals surface area contributed by atoms with E-state index in [9.17, 15) is 0 Å². The summed E-state index contributed by atoms with van der Waals surface area (Å²) >= 11 is 0. The van der Waals surface area contributed by atoms with Crippen molar-refractivity contribution >= 4 is 0 Å². The van der Waals surface area contributed by atoms with Crippen molar-refractivity contribution in [2.75, 3.05) is 19.6 Å². The van der Waals surface area contributed by atoms with E-state index in [1.54, 1.807) is 0 Å². The Bertz CT molecular complexity index is 414. The molecule has 0 bridgehead atoms. The van der Waals surface area contributed by atoms with E-state index < -0.39 is 0 Å². The third-order valence-electron chi connectivity index (χ3n) is 5.86. The fourth-order valence-electron chi connectivity index (χ4n) is 4.22. The van der Waals surface area contributed by atoms with Crippen LogP contribution in [0.1, 0.15) is 116 Å². The maximum Gasteiger partial charge on any atom is -0.00187 e. The Morgan fingerprint density at radius 1 is 0.517 bits per heavy atom. The van der Waals surface area contributed by atoms with Crippen molar-refractivity contribution in [2.45, 2.75) is 117 Å². The molecule has 0 aromatic heterocycles. The fourth-order valence-corrected chi connectivity index (χ4v) is 4.22. The van der Waals surface area contributed by atoms with Crippen LogP contribution in [0.15, 0.2) is 30.3 Å². The maximum absolute atomic E-state index is 2.65. The Balaban J connectivity index is 0.00000784. The van der Waals surface area contributed by atoms with Gasteiger partial charge in [0.25, 0.3) is 0 Å². The van der Waals surface area contributed by atoms with Gasteiger partial charge in [0.1, 0.15) is 0 Å². The molecule has 0 saturated heterocycles. The van der Waals surface area contributed by atoms with Gasteiger partial charge < -0.3 is 10.4 Å². The van der Waals surface area contributed by atoms with Gasteiger partial charge in [0.15, 0.2) is 0 Å². The van der Waals surface area contributed by atoms with Crippen LogP contribution >= 0.6 is 0 Å². The Hall–Kier alpha value is -0.860. The second-order valence-electron chi connectivity index (χ2n) is 8.67. The Labute approximate surface area is 182 Å². The SMILES string of the molecule is CCCN(CCC)CCCCCCCCCCCCCCCc1ccccc1.O. The van der Waals surface area contributed by atoms with Crippen molar-refractivity contribution in [3.63, 3.8) is 0 Å². The number of unbranched alkanes of at least 4 members (excludes halogenated alkanes) is 12. The normalized spacial score (nSPS) is 11.0. The predicted octanol–water partition coefficient (Wildman–Crippen LogP) is 7.60. The van der Waals surface area contributed by atoms with E-state index in [-0.39, 0.29) is 5.48 Å². The number of rotatable bonds is 20. The van der Waals surface area contributed by atoms with Crippen LogP contribution in [0.3, 0.4) is 0 Å². The molecule has 0 atom stereocenters. The van der Waals surface area contributed by atoms with Crippen LogP contribution in [0.2, 0.25) is 0 Å². The topological polar surface area (TPSA) is 34.7 Å². The first-order valence-electron chi connectivity index (χ1n) is 12.6. The zero-order valence-electron chi connectivity index (χ0n) is 19.8. The molecule has 0 fully saturated rings. The van der Waals surface area contributed by atoms with Crippen LogP contribution in [-0.4, -0.2) is 30.0 Å². The van der Waals surface area contributed by atoms with E-state index >= 15 is 0 Å². The monoisotopic (exact) mass is 405 g/mol. The molecule has 1 aromatic rings. The quantitative estimate of drug-likeness (QED) is 0.206. The highest BCUT2D eigenvalue weighted by molar-refractivity contribution is 5.14. The Morgan fingerprint density at radius 3 is 1.38 bits per heavy atom. The average Bonchev–Trinajstić information content (AvgIpc) is 2.72. The van der Waals surface area contributed by atoms with Crippen molar-refractivity contribution < 1.29 is 5.48 Å². The van der Waals surface area contributed by atoms with Gasteiger partial charge in [0, 0.05) is 0 Å². The van der Waals surface area contributed by atoms with E-state index in [1.165, 1.54) is 128 Å². The molecular weight excluding hydrogens is 354 g/mol. The number of hydrogen-bond acceptors (Lipinski definition) is 1. The minimum atomic E-state index is 0. The van der Waals surface area contributed by atoms with Gasteiger partial charge in [-0.2, -0.15) is 0 Å². The smallest absolute Gasteiger partial charge is 0.00187 e. The molecule has 2 nitrogen and oxygen atoms in total. The van der Waals surface area contributed by atoms with Crippen LogP contribution < -0.4 is 0 Å². The standard InChI is InChI=1S/C27H49N.H2O/c1-3-24-28(25-4-2)26-20-15-13-11-9-7-5-6-8-10-12-14-17-21-27-22-18-16-19-23-27;/h16,18-19,22-23H,3-15,17,20-21,24-26H2,1-2H3;1H2. The zero-order valence-corrected chi connectivity index (χ0v) is 19.8. The molecule has 2 N–H and O–H groups in total. The number of aryl methyl sites for hydroxylation is 1. The summed E-state index contributed by atoms with van der Waals surface area (Å²) in [6.45, 7) is 8.51. The summed E-state index contributed by atoms with van der Waals surface area (Å²) in [5.41, 5.74) is 1.50. The van der Waals surface area contributed by atoms with E-state index in [1.807, 2.05) is 0 Å². The lowest BCUT2D eigenvalue weighted by Crippen LogP contribution is -2.26.